The molecule has 1 saturated heterocycles. The number of likely N-dealkylation sites (tertiary alicyclic amines) is 1. The summed E-state index contributed by atoms with van der Waals surface area (Å²) in [5, 5.41) is 5.41. The number of hydrogen-bond donors (Lipinski definition) is 2. The number of carbonyl (C=O) groups excluding carboxylic acids is 1. The smallest absolute Gasteiger partial charge is 0.251 e. The minimum Gasteiger partial charge on any atom is -0.348 e. The molecule has 5 rings (SSSR count). The number of nitrogens with one attached hydrogen (secondary N) is 2. The molecule has 0 bridgehead atoms. The number of nitrogens with zero attached hydrogens (tertiary/aromatic N) is 2. The van der Waals surface area contributed by atoms with Crippen molar-refractivity contribution in [2.75, 3.05) is 19.6 Å². The number of fused-ring (bicyclic) bond motifs is 2. The van der Waals surface area contributed by atoms with E-state index in [4.69, 9.17) is 4.98 Å². The Bertz CT molecular complexity index is 1170. The van der Waals surface area contributed by atoms with Crippen molar-refractivity contribution < 1.29 is 4.79 Å². The molecule has 1 aromatic heterocycles. The molecule has 0 unspecified atom stereocenters. The third-order valence-electron chi connectivity index (χ3n) is 6.30. The van der Waals surface area contributed by atoms with E-state index in [-0.39, 0.29) is 11.9 Å². The Hall–Kier alpha value is -3.18. The topological polar surface area (TPSA) is 61.0 Å². The molecule has 1 aliphatic heterocycles. The van der Waals surface area contributed by atoms with Gasteiger partial charge in [-0.3, -0.25) is 4.79 Å². The van der Waals surface area contributed by atoms with Crippen molar-refractivity contribution in [1.29, 1.82) is 0 Å². The minimum atomic E-state index is -0.00425. The van der Waals surface area contributed by atoms with Gasteiger partial charge in [0.15, 0.2) is 0 Å². The van der Waals surface area contributed by atoms with Gasteiger partial charge in [-0.05, 0) is 67.9 Å². The van der Waals surface area contributed by atoms with Gasteiger partial charge in [-0.25, -0.2) is 4.98 Å². The molecule has 2 heterocycles. The van der Waals surface area contributed by atoms with Crippen LogP contribution in [0.4, 0.5) is 0 Å². The predicted molar refractivity (Wildman–Crippen MR) is 125 cm³/mol. The number of carbonyl (C=O) groups is 1. The lowest BCUT2D eigenvalue weighted by molar-refractivity contribution is 0.0924. The van der Waals surface area contributed by atoms with Crippen LogP contribution in [0.3, 0.4) is 0 Å². The molecule has 1 aliphatic rings. The van der Waals surface area contributed by atoms with E-state index >= 15 is 0 Å². The van der Waals surface area contributed by atoms with Gasteiger partial charge in [0, 0.05) is 24.1 Å². The highest BCUT2D eigenvalue weighted by Gasteiger charge is 2.24. The van der Waals surface area contributed by atoms with E-state index in [1.807, 2.05) is 48.5 Å². The van der Waals surface area contributed by atoms with Crippen molar-refractivity contribution in [3.05, 3.63) is 78.1 Å². The fraction of sp³-hybridized carbons (Fsp3) is 0.308. The highest BCUT2D eigenvalue weighted by atomic mass is 16.1. The lowest BCUT2D eigenvalue weighted by atomic mass is 9.96. The summed E-state index contributed by atoms with van der Waals surface area (Å²) in [6.45, 7) is 5.01. The Morgan fingerprint density at radius 3 is 2.61 bits per heavy atom. The number of piperidine rings is 1. The first-order chi connectivity index (χ1) is 15.2. The van der Waals surface area contributed by atoms with Crippen LogP contribution < -0.4 is 5.32 Å². The van der Waals surface area contributed by atoms with Crippen LogP contribution >= 0.6 is 0 Å². The number of para-hydroxylation sites is 2. The van der Waals surface area contributed by atoms with Gasteiger partial charge < -0.3 is 15.2 Å². The molecule has 0 saturated carbocycles. The summed E-state index contributed by atoms with van der Waals surface area (Å²) in [5.74, 6) is 1.58. The second kappa shape index (κ2) is 8.52. The summed E-state index contributed by atoms with van der Waals surface area (Å²) < 4.78 is 0. The van der Waals surface area contributed by atoms with E-state index in [2.05, 4.69) is 40.3 Å². The van der Waals surface area contributed by atoms with E-state index in [0.29, 0.717) is 11.5 Å². The quantitative estimate of drug-likeness (QED) is 0.499. The van der Waals surface area contributed by atoms with Crippen molar-refractivity contribution in [3.8, 4) is 0 Å². The first-order valence-corrected chi connectivity index (χ1v) is 11.1. The molecule has 3 aromatic carbocycles. The van der Waals surface area contributed by atoms with Crippen molar-refractivity contribution in [2.24, 2.45) is 0 Å². The lowest BCUT2D eigenvalue weighted by Crippen LogP contribution is -2.44. The van der Waals surface area contributed by atoms with Crippen LogP contribution in [0.25, 0.3) is 21.8 Å². The largest absolute Gasteiger partial charge is 0.348 e. The molecule has 0 spiro atoms. The maximum atomic E-state index is 12.7. The Morgan fingerprint density at radius 1 is 1.06 bits per heavy atom. The maximum Gasteiger partial charge on any atom is 0.251 e. The highest BCUT2D eigenvalue weighted by molar-refractivity contribution is 5.98. The van der Waals surface area contributed by atoms with Crippen LogP contribution in [0.2, 0.25) is 0 Å². The zero-order chi connectivity index (χ0) is 21.2. The summed E-state index contributed by atoms with van der Waals surface area (Å²) >= 11 is 0. The monoisotopic (exact) mass is 412 g/mol. The van der Waals surface area contributed by atoms with Gasteiger partial charge in [0.1, 0.15) is 5.82 Å². The molecule has 2 N–H and O–H groups in total. The number of rotatable bonds is 5. The van der Waals surface area contributed by atoms with Crippen LogP contribution in [0, 0.1) is 0 Å². The fourth-order valence-corrected chi connectivity index (χ4v) is 4.63. The Balaban J connectivity index is 1.15. The summed E-state index contributed by atoms with van der Waals surface area (Å²) in [7, 11) is 0. The van der Waals surface area contributed by atoms with E-state index in [9.17, 15) is 4.79 Å². The van der Waals surface area contributed by atoms with Crippen LogP contribution in [-0.2, 0) is 0 Å². The zero-order valence-corrected chi connectivity index (χ0v) is 17.8. The summed E-state index contributed by atoms with van der Waals surface area (Å²) in [5.41, 5.74) is 2.88. The van der Waals surface area contributed by atoms with Crippen LogP contribution in [0.15, 0.2) is 66.7 Å². The number of amides is 1. The predicted octanol–water partition coefficient (Wildman–Crippen LogP) is 4.71. The number of H-pyrrole nitrogens is 1. The van der Waals surface area contributed by atoms with Crippen molar-refractivity contribution in [2.45, 2.75) is 31.7 Å². The van der Waals surface area contributed by atoms with Crippen molar-refractivity contribution in [3.63, 3.8) is 0 Å². The number of aromatic nitrogens is 2. The fourth-order valence-electron chi connectivity index (χ4n) is 4.63. The normalized spacial score (nSPS) is 16.5. The first kappa shape index (κ1) is 19.8. The first-order valence-electron chi connectivity index (χ1n) is 11.1. The van der Waals surface area contributed by atoms with Gasteiger partial charge in [0.25, 0.3) is 5.91 Å². The molecular weight excluding hydrogens is 384 g/mol. The average molecular weight is 413 g/mol. The number of imidazole rings is 1. The van der Waals surface area contributed by atoms with E-state index in [1.165, 1.54) is 0 Å². The molecule has 0 aliphatic carbocycles. The number of aromatic amines is 1. The van der Waals surface area contributed by atoms with Gasteiger partial charge in [-0.1, -0.05) is 42.5 Å². The average Bonchev–Trinajstić information content (AvgIpc) is 3.23. The highest BCUT2D eigenvalue weighted by Crippen LogP contribution is 2.27. The third kappa shape index (κ3) is 4.32. The molecule has 5 heteroatoms. The van der Waals surface area contributed by atoms with Crippen LogP contribution in [-0.4, -0.2) is 46.5 Å². The summed E-state index contributed by atoms with van der Waals surface area (Å²) in [6.07, 6.45) is 2.18. The molecule has 5 nitrogen and oxygen atoms in total. The molecule has 0 radical (unpaired) electrons. The number of benzene rings is 3. The lowest BCUT2D eigenvalue weighted by Gasteiger charge is -2.33. The van der Waals surface area contributed by atoms with Gasteiger partial charge >= 0.3 is 0 Å². The molecule has 1 amide bonds. The summed E-state index contributed by atoms with van der Waals surface area (Å²) in [6, 6.07) is 22.3. The van der Waals surface area contributed by atoms with Crippen molar-refractivity contribution >= 4 is 27.7 Å². The zero-order valence-electron chi connectivity index (χ0n) is 17.8. The van der Waals surface area contributed by atoms with Crippen molar-refractivity contribution in [1.82, 2.24) is 20.2 Å². The second-order valence-electron chi connectivity index (χ2n) is 8.65. The van der Waals surface area contributed by atoms with E-state index in [1.54, 1.807) is 0 Å². The molecular formula is C26H28N4O. The summed E-state index contributed by atoms with van der Waals surface area (Å²) in [4.78, 5) is 23.4. The Morgan fingerprint density at radius 2 is 1.81 bits per heavy atom. The SMILES string of the molecule is C[C@@H](CN1CCC(c2nc3ccccc3[nH]2)CC1)NC(=O)c1ccc2ccccc2c1. The standard InChI is InChI=1S/C26H28N4O/c1-18(27-26(31)22-11-10-19-6-2-3-7-21(19)16-22)17-30-14-12-20(13-15-30)25-28-23-8-4-5-9-24(23)29-25/h2-11,16,18,20H,12-15,17H2,1H3,(H,27,31)(H,28,29)/t18-/m0/s1. The van der Waals surface area contributed by atoms with Gasteiger partial charge in [-0.15, -0.1) is 0 Å². The molecule has 1 atom stereocenters. The minimum absolute atomic E-state index is 0.00425. The van der Waals surface area contributed by atoms with Gasteiger partial charge in [-0.2, -0.15) is 0 Å². The molecule has 158 valence electrons. The third-order valence-corrected chi connectivity index (χ3v) is 6.30. The van der Waals surface area contributed by atoms with E-state index < -0.39 is 0 Å². The van der Waals surface area contributed by atoms with Crippen LogP contribution in [0.1, 0.15) is 41.9 Å². The molecule has 1 fully saturated rings. The molecule has 31 heavy (non-hydrogen) atoms. The Kier molecular flexibility index (Phi) is 5.43. The Labute approximate surface area is 182 Å². The van der Waals surface area contributed by atoms with Crippen LogP contribution in [0.5, 0.6) is 0 Å². The molecule has 4 aromatic rings. The van der Waals surface area contributed by atoms with Gasteiger partial charge in [0.05, 0.1) is 11.0 Å². The van der Waals surface area contributed by atoms with Gasteiger partial charge in [0.2, 0.25) is 0 Å². The second-order valence-corrected chi connectivity index (χ2v) is 8.65. The number of hydrogen-bond acceptors (Lipinski definition) is 3. The van der Waals surface area contributed by atoms with E-state index in [0.717, 1.165) is 60.1 Å². The maximum absolute atomic E-state index is 12.7.